The Morgan fingerprint density at radius 3 is 2.53 bits per heavy atom. The second-order valence-corrected chi connectivity index (χ2v) is 10.8. The van der Waals surface area contributed by atoms with Crippen LogP contribution in [0.1, 0.15) is 55.4 Å². The molecule has 0 heterocycles. The van der Waals surface area contributed by atoms with Gasteiger partial charge in [0.05, 0.1) is 18.3 Å². The topological polar surface area (TPSA) is 59.9 Å². The number of halogens is 2. The number of hydrogen-bond donors (Lipinski definition) is 1. The van der Waals surface area contributed by atoms with Crippen LogP contribution in [0.25, 0.3) is 0 Å². The van der Waals surface area contributed by atoms with Gasteiger partial charge in [0.25, 0.3) is 0 Å². The summed E-state index contributed by atoms with van der Waals surface area (Å²) in [5, 5.41) is 4.96. The average molecular weight is 525 g/mol. The van der Waals surface area contributed by atoms with Crippen LogP contribution >= 0.6 is 23.2 Å². The quantitative estimate of drug-likeness (QED) is 0.251. The van der Waals surface area contributed by atoms with E-state index >= 15 is 0 Å². The molecule has 1 saturated carbocycles. The minimum atomic E-state index is -0.0659. The number of amides is 1. The predicted molar refractivity (Wildman–Crippen MR) is 146 cm³/mol. The fourth-order valence-corrected chi connectivity index (χ4v) is 4.43. The van der Waals surface area contributed by atoms with E-state index in [4.69, 9.17) is 32.7 Å². The number of nitrogens with one attached hydrogen (secondary N) is 1. The third-order valence-electron chi connectivity index (χ3n) is 6.32. The molecule has 5 nitrogen and oxygen atoms in total. The van der Waals surface area contributed by atoms with E-state index in [1.807, 2.05) is 18.2 Å². The second kappa shape index (κ2) is 10.9. The van der Waals surface area contributed by atoms with Gasteiger partial charge in [0, 0.05) is 11.5 Å². The number of rotatable bonds is 8. The van der Waals surface area contributed by atoms with E-state index < -0.39 is 0 Å². The molecule has 0 unspecified atom stereocenters. The zero-order chi connectivity index (χ0) is 25.9. The molecule has 3 aromatic carbocycles. The number of carbonyl (C=O) groups is 1. The molecular formula is C29H30Cl2N2O3. The van der Waals surface area contributed by atoms with E-state index in [1.54, 1.807) is 31.5 Å². The number of ether oxygens (including phenoxy) is 2. The first-order valence-electron chi connectivity index (χ1n) is 11.8. The van der Waals surface area contributed by atoms with Crippen LogP contribution in [0.5, 0.6) is 11.5 Å². The summed E-state index contributed by atoms with van der Waals surface area (Å²) in [6, 6.07) is 19.4. The molecule has 3 aromatic rings. The van der Waals surface area contributed by atoms with E-state index in [0.717, 1.165) is 17.5 Å². The molecule has 1 N–H and O–H groups in total. The van der Waals surface area contributed by atoms with Crippen molar-refractivity contribution < 1.29 is 14.3 Å². The smallest absolute Gasteiger partial charge is 0.243 e. The van der Waals surface area contributed by atoms with Crippen molar-refractivity contribution in [2.75, 3.05) is 7.11 Å². The zero-order valence-corrected chi connectivity index (χ0v) is 22.4. The van der Waals surface area contributed by atoms with E-state index in [2.05, 4.69) is 55.6 Å². The lowest BCUT2D eigenvalue weighted by Crippen LogP contribution is -2.20. The first kappa shape index (κ1) is 26.1. The SMILES string of the molecule is COc1ccc(/C=N\NC(=O)[C@@H]2C[C@H]2c2ccc(C(C)(C)C)cc2)cc1COc1cccc(Cl)c1Cl. The molecule has 1 amide bonds. The van der Waals surface area contributed by atoms with Gasteiger partial charge in [-0.25, -0.2) is 5.43 Å². The molecule has 0 bridgehead atoms. The number of methoxy groups -OCH3 is 1. The normalized spacial score (nSPS) is 17.2. The van der Waals surface area contributed by atoms with Crippen molar-refractivity contribution in [1.82, 2.24) is 5.43 Å². The molecule has 1 aliphatic carbocycles. The molecule has 188 valence electrons. The van der Waals surface area contributed by atoms with Gasteiger partial charge in [0.15, 0.2) is 0 Å². The summed E-state index contributed by atoms with van der Waals surface area (Å²) in [5.74, 6) is 1.29. The second-order valence-electron chi connectivity index (χ2n) is 9.97. The molecule has 0 aliphatic heterocycles. The van der Waals surface area contributed by atoms with Gasteiger partial charge in [-0.15, -0.1) is 0 Å². The Balaban J connectivity index is 1.35. The molecule has 36 heavy (non-hydrogen) atoms. The van der Waals surface area contributed by atoms with Crippen LogP contribution in [0.2, 0.25) is 10.0 Å². The van der Waals surface area contributed by atoms with Crippen molar-refractivity contribution in [2.24, 2.45) is 11.0 Å². The Morgan fingerprint density at radius 2 is 1.83 bits per heavy atom. The summed E-state index contributed by atoms with van der Waals surface area (Å²) < 4.78 is 11.3. The van der Waals surface area contributed by atoms with E-state index in [9.17, 15) is 4.79 Å². The summed E-state index contributed by atoms with van der Waals surface area (Å²) in [6.45, 7) is 6.82. The molecule has 2 atom stereocenters. The van der Waals surface area contributed by atoms with Gasteiger partial charge >= 0.3 is 0 Å². The standard InChI is InChI=1S/C29H30Cl2N2O3/c1-29(2,3)21-11-9-19(10-12-21)22-15-23(22)28(34)33-32-16-18-8-13-25(35-4)20(14-18)17-36-26-7-5-6-24(30)27(26)31/h5-14,16,22-23H,15,17H2,1-4H3,(H,33,34)/b32-16-/t22-,23+/m0/s1. The molecule has 0 spiro atoms. The minimum Gasteiger partial charge on any atom is -0.496 e. The first-order valence-corrected chi connectivity index (χ1v) is 12.6. The van der Waals surface area contributed by atoms with Gasteiger partial charge in [0.1, 0.15) is 23.1 Å². The number of carbonyl (C=O) groups excluding carboxylic acids is 1. The van der Waals surface area contributed by atoms with Crippen molar-refractivity contribution >= 4 is 35.3 Å². The van der Waals surface area contributed by atoms with Crippen molar-refractivity contribution in [3.05, 3.63) is 93.0 Å². The van der Waals surface area contributed by atoms with Gasteiger partial charge in [-0.1, -0.05) is 74.3 Å². The maximum Gasteiger partial charge on any atom is 0.243 e. The highest BCUT2D eigenvalue weighted by Crippen LogP contribution is 2.47. The Morgan fingerprint density at radius 1 is 1.08 bits per heavy atom. The van der Waals surface area contributed by atoms with Crippen LogP contribution < -0.4 is 14.9 Å². The maximum absolute atomic E-state index is 12.6. The number of nitrogens with zero attached hydrogens (tertiary/aromatic N) is 1. The van der Waals surface area contributed by atoms with Gasteiger partial charge in [-0.3, -0.25) is 4.79 Å². The fourth-order valence-electron chi connectivity index (χ4n) is 4.08. The Labute approximate surface area is 222 Å². The lowest BCUT2D eigenvalue weighted by Gasteiger charge is -2.19. The van der Waals surface area contributed by atoms with Crippen molar-refractivity contribution in [1.29, 1.82) is 0 Å². The highest BCUT2D eigenvalue weighted by molar-refractivity contribution is 6.42. The Bertz CT molecular complexity index is 1270. The van der Waals surface area contributed by atoms with Gasteiger partial charge in [-0.05, 0) is 64.8 Å². The lowest BCUT2D eigenvalue weighted by atomic mass is 9.86. The summed E-state index contributed by atoms with van der Waals surface area (Å²) in [6.07, 6.45) is 2.45. The summed E-state index contributed by atoms with van der Waals surface area (Å²) >= 11 is 12.3. The summed E-state index contributed by atoms with van der Waals surface area (Å²) in [4.78, 5) is 12.6. The third-order valence-corrected chi connectivity index (χ3v) is 7.13. The van der Waals surface area contributed by atoms with Crippen molar-refractivity contribution in [3.8, 4) is 11.5 Å². The number of hydrazone groups is 1. The van der Waals surface area contributed by atoms with Crippen molar-refractivity contribution in [2.45, 2.75) is 45.1 Å². The predicted octanol–water partition coefficient (Wildman–Crippen LogP) is 7.13. The Hall–Kier alpha value is -3.02. The van der Waals surface area contributed by atoms with Crippen LogP contribution in [-0.4, -0.2) is 19.2 Å². The monoisotopic (exact) mass is 524 g/mol. The molecular weight excluding hydrogens is 495 g/mol. The Kier molecular flexibility index (Phi) is 7.91. The van der Waals surface area contributed by atoms with Crippen molar-refractivity contribution in [3.63, 3.8) is 0 Å². The van der Waals surface area contributed by atoms with Crippen LogP contribution in [0.3, 0.4) is 0 Å². The van der Waals surface area contributed by atoms with Gasteiger partial charge in [0.2, 0.25) is 5.91 Å². The molecule has 1 aliphatic rings. The molecule has 0 saturated heterocycles. The summed E-state index contributed by atoms with van der Waals surface area (Å²) in [7, 11) is 1.60. The molecule has 4 rings (SSSR count). The largest absolute Gasteiger partial charge is 0.496 e. The van der Waals surface area contributed by atoms with E-state index in [1.165, 1.54) is 11.1 Å². The van der Waals surface area contributed by atoms with Crippen LogP contribution in [-0.2, 0) is 16.8 Å². The zero-order valence-electron chi connectivity index (χ0n) is 20.8. The highest BCUT2D eigenvalue weighted by Gasteiger charge is 2.44. The van der Waals surface area contributed by atoms with E-state index in [-0.39, 0.29) is 29.8 Å². The molecule has 0 aromatic heterocycles. The highest BCUT2D eigenvalue weighted by atomic mass is 35.5. The molecule has 1 fully saturated rings. The maximum atomic E-state index is 12.6. The minimum absolute atomic E-state index is 0.0510. The average Bonchev–Trinajstić information content (AvgIpc) is 3.66. The molecule has 7 heteroatoms. The molecule has 0 radical (unpaired) electrons. The summed E-state index contributed by atoms with van der Waals surface area (Å²) in [5.41, 5.74) is 6.90. The van der Waals surface area contributed by atoms with Gasteiger partial charge in [-0.2, -0.15) is 5.10 Å². The fraction of sp³-hybridized carbons (Fsp3) is 0.310. The van der Waals surface area contributed by atoms with Crippen LogP contribution in [0, 0.1) is 5.92 Å². The third kappa shape index (κ3) is 6.21. The number of hydrogen-bond acceptors (Lipinski definition) is 4. The lowest BCUT2D eigenvalue weighted by molar-refractivity contribution is -0.122. The van der Waals surface area contributed by atoms with Crippen LogP contribution in [0.15, 0.2) is 65.8 Å². The van der Waals surface area contributed by atoms with Crippen LogP contribution in [0.4, 0.5) is 0 Å². The van der Waals surface area contributed by atoms with Gasteiger partial charge < -0.3 is 9.47 Å². The first-order chi connectivity index (χ1) is 17.2. The van der Waals surface area contributed by atoms with E-state index in [0.29, 0.717) is 21.5 Å². The number of benzene rings is 3.